The van der Waals surface area contributed by atoms with Crippen LogP contribution in [0.15, 0.2) is 47.8 Å². The highest BCUT2D eigenvalue weighted by molar-refractivity contribution is 7.92. The van der Waals surface area contributed by atoms with Gasteiger partial charge in [-0.3, -0.25) is 4.72 Å². The molecule has 2 aromatic rings. The molecule has 10 heteroatoms. The van der Waals surface area contributed by atoms with E-state index >= 15 is 4.39 Å². The van der Waals surface area contributed by atoms with Gasteiger partial charge in [-0.05, 0) is 74.6 Å². The molecule has 1 aromatic heterocycles. The quantitative estimate of drug-likeness (QED) is 0.204. The molecule has 3 rings (SSSR count). The molecule has 1 aliphatic rings. The van der Waals surface area contributed by atoms with Crippen LogP contribution < -0.4 is 4.72 Å². The number of nitrogens with zero attached hydrogens (tertiary/aromatic N) is 4. The van der Waals surface area contributed by atoms with Crippen molar-refractivity contribution >= 4 is 32.9 Å². The number of aromatic nitrogens is 3. The minimum absolute atomic E-state index is 0.0545. The summed E-state index contributed by atoms with van der Waals surface area (Å²) in [6.45, 7) is 15.0. The van der Waals surface area contributed by atoms with E-state index in [4.69, 9.17) is 11.6 Å². The van der Waals surface area contributed by atoms with Crippen LogP contribution in [-0.2, 0) is 10.0 Å². The predicted octanol–water partition coefficient (Wildman–Crippen LogP) is 8.39. The average molecular weight is 620 g/mol. The fourth-order valence-corrected chi connectivity index (χ4v) is 6.88. The number of anilines is 1. The molecule has 42 heavy (non-hydrogen) atoms. The Morgan fingerprint density at radius 2 is 1.88 bits per heavy atom. The third kappa shape index (κ3) is 8.93. The molecule has 1 aliphatic carbocycles. The lowest BCUT2D eigenvalue weighted by atomic mass is 9.89. The van der Waals surface area contributed by atoms with Gasteiger partial charge in [0.05, 0.1) is 22.7 Å². The van der Waals surface area contributed by atoms with Crippen LogP contribution in [0, 0.1) is 17.7 Å². The minimum atomic E-state index is -3.61. The summed E-state index contributed by atoms with van der Waals surface area (Å²) in [5.74, 6) is 0.728. The van der Waals surface area contributed by atoms with E-state index in [2.05, 4.69) is 72.8 Å². The number of nitrogens with one attached hydrogen (secondary N) is 1. The fourth-order valence-electron chi connectivity index (χ4n) is 5.39. The molecule has 0 spiro atoms. The summed E-state index contributed by atoms with van der Waals surface area (Å²) >= 11 is 6.52. The number of rotatable bonds is 16. The maximum Gasteiger partial charge on any atom is 0.232 e. The van der Waals surface area contributed by atoms with Gasteiger partial charge in [-0.2, -0.15) is 0 Å². The molecule has 1 aromatic carbocycles. The Kier molecular flexibility index (Phi) is 12.7. The number of hydrogen-bond donors (Lipinski definition) is 1. The Labute approximate surface area is 257 Å². The van der Waals surface area contributed by atoms with E-state index in [1.165, 1.54) is 35.2 Å². The van der Waals surface area contributed by atoms with Crippen LogP contribution in [0.25, 0.3) is 11.3 Å². The van der Waals surface area contributed by atoms with Crippen LogP contribution >= 0.6 is 11.6 Å². The second-order valence-corrected chi connectivity index (χ2v) is 13.6. The third-order valence-electron chi connectivity index (χ3n) is 7.85. The SMILES string of the molecule is CCCN(CCCC(CC)C(C)C)C1=CC(c2cn(-c3c(F)ccc(NS(=O)(=O)CCC)c3Cl)nn2)=CCC(CC)=C1. The summed E-state index contributed by atoms with van der Waals surface area (Å²) in [5, 5.41) is 8.49. The van der Waals surface area contributed by atoms with Gasteiger partial charge in [0.25, 0.3) is 0 Å². The summed E-state index contributed by atoms with van der Waals surface area (Å²) in [4.78, 5) is 2.47. The highest BCUT2D eigenvalue weighted by atomic mass is 35.5. The van der Waals surface area contributed by atoms with Gasteiger partial charge >= 0.3 is 0 Å². The lowest BCUT2D eigenvalue weighted by Crippen LogP contribution is -2.25. The van der Waals surface area contributed by atoms with Crippen molar-refractivity contribution in [1.29, 1.82) is 0 Å². The number of benzene rings is 1. The highest BCUT2D eigenvalue weighted by Crippen LogP contribution is 2.33. The molecule has 0 amide bonds. The van der Waals surface area contributed by atoms with Crippen LogP contribution in [0.4, 0.5) is 10.1 Å². The normalized spacial score (nSPS) is 14.7. The topological polar surface area (TPSA) is 80.1 Å². The van der Waals surface area contributed by atoms with Crippen molar-refractivity contribution in [3.63, 3.8) is 0 Å². The van der Waals surface area contributed by atoms with E-state index in [0.717, 1.165) is 56.0 Å². The first kappa shape index (κ1) is 33.8. The maximum absolute atomic E-state index is 15.0. The molecule has 1 N–H and O–H groups in total. The van der Waals surface area contributed by atoms with Crippen molar-refractivity contribution in [3.8, 4) is 5.69 Å². The van der Waals surface area contributed by atoms with E-state index in [9.17, 15) is 8.42 Å². The Balaban J connectivity index is 1.93. The number of halogens is 2. The van der Waals surface area contributed by atoms with E-state index in [0.29, 0.717) is 18.0 Å². The minimum Gasteiger partial charge on any atom is -0.372 e. The molecule has 0 radical (unpaired) electrons. The average Bonchev–Trinajstić information content (AvgIpc) is 3.31. The summed E-state index contributed by atoms with van der Waals surface area (Å²) in [6, 6.07) is 2.50. The zero-order valence-corrected chi connectivity index (χ0v) is 27.5. The van der Waals surface area contributed by atoms with E-state index in [-0.39, 0.29) is 22.2 Å². The van der Waals surface area contributed by atoms with Crippen LogP contribution in [0.2, 0.25) is 5.02 Å². The lowest BCUT2D eigenvalue weighted by Gasteiger charge is -2.27. The van der Waals surface area contributed by atoms with Gasteiger partial charge in [0.1, 0.15) is 11.4 Å². The van der Waals surface area contributed by atoms with Gasteiger partial charge in [-0.25, -0.2) is 17.5 Å². The van der Waals surface area contributed by atoms with Crippen molar-refractivity contribution in [2.75, 3.05) is 23.6 Å². The van der Waals surface area contributed by atoms with Gasteiger partial charge in [0.2, 0.25) is 10.0 Å². The molecule has 0 saturated heterocycles. The van der Waals surface area contributed by atoms with E-state index < -0.39 is 15.8 Å². The van der Waals surface area contributed by atoms with Crippen LogP contribution in [-0.4, -0.2) is 47.2 Å². The molecule has 0 bridgehead atoms. The summed E-state index contributed by atoms with van der Waals surface area (Å²) in [6.07, 6.45) is 15.0. The van der Waals surface area contributed by atoms with Crippen LogP contribution in [0.1, 0.15) is 92.2 Å². The molecular weight excluding hydrogens is 573 g/mol. The molecule has 232 valence electrons. The molecule has 1 heterocycles. The zero-order chi connectivity index (χ0) is 30.9. The second-order valence-electron chi connectivity index (χ2n) is 11.4. The standard InChI is InChI=1S/C32H47ClFN5O2S/c1-7-17-38(18-11-12-25(10-4)23(5)6)27-20-24(9-3)13-14-26(21-27)30-22-39(37-35-30)32-28(34)15-16-29(31(32)33)36-42(40,41)19-8-2/h14-16,20-23,25,36H,7-13,17-19H2,1-6H3. The lowest BCUT2D eigenvalue weighted by molar-refractivity contribution is 0.295. The Bertz CT molecular complexity index is 1400. The first-order valence-corrected chi connectivity index (χ1v) is 17.3. The highest BCUT2D eigenvalue weighted by Gasteiger charge is 2.21. The fraction of sp³-hybridized carbons (Fsp3) is 0.562. The van der Waals surface area contributed by atoms with Crippen LogP contribution in [0.3, 0.4) is 0 Å². The number of allylic oxidation sites excluding steroid dienone is 5. The number of sulfonamides is 1. The largest absolute Gasteiger partial charge is 0.372 e. The Morgan fingerprint density at radius 3 is 2.52 bits per heavy atom. The van der Waals surface area contributed by atoms with Gasteiger partial charge in [-0.15, -0.1) is 5.10 Å². The second kappa shape index (κ2) is 15.7. The molecule has 1 atom stereocenters. The van der Waals surface area contributed by atoms with Crippen molar-refractivity contribution < 1.29 is 12.8 Å². The monoisotopic (exact) mass is 619 g/mol. The molecule has 7 nitrogen and oxygen atoms in total. The van der Waals surface area contributed by atoms with E-state index in [1.807, 2.05) is 0 Å². The van der Waals surface area contributed by atoms with Crippen molar-refractivity contribution in [3.05, 3.63) is 64.4 Å². The summed E-state index contributed by atoms with van der Waals surface area (Å²) in [5.41, 5.74) is 4.03. The first-order valence-electron chi connectivity index (χ1n) is 15.3. The molecular formula is C32H47ClFN5O2S. The van der Waals surface area contributed by atoms with Gasteiger partial charge < -0.3 is 4.90 Å². The van der Waals surface area contributed by atoms with Crippen LogP contribution in [0.5, 0.6) is 0 Å². The summed E-state index contributed by atoms with van der Waals surface area (Å²) < 4.78 is 43.4. The third-order valence-corrected chi connectivity index (χ3v) is 9.71. The number of hydrogen-bond acceptors (Lipinski definition) is 5. The first-order chi connectivity index (χ1) is 20.0. The van der Waals surface area contributed by atoms with Gasteiger partial charge in [0.15, 0.2) is 5.82 Å². The predicted molar refractivity (Wildman–Crippen MR) is 173 cm³/mol. The zero-order valence-electron chi connectivity index (χ0n) is 26.0. The Hall–Kier alpha value is -2.65. The van der Waals surface area contributed by atoms with Crippen molar-refractivity contribution in [2.24, 2.45) is 11.8 Å². The summed E-state index contributed by atoms with van der Waals surface area (Å²) in [7, 11) is -3.61. The van der Waals surface area contributed by atoms with E-state index in [1.54, 1.807) is 13.1 Å². The van der Waals surface area contributed by atoms with Crippen molar-refractivity contribution in [2.45, 2.75) is 86.5 Å². The molecule has 1 unspecified atom stereocenters. The van der Waals surface area contributed by atoms with Gasteiger partial charge in [-0.1, -0.05) is 76.4 Å². The van der Waals surface area contributed by atoms with Gasteiger partial charge in [0, 0.05) is 24.4 Å². The molecule has 0 saturated carbocycles. The molecule has 0 fully saturated rings. The Morgan fingerprint density at radius 1 is 1.12 bits per heavy atom. The molecule has 0 aliphatic heterocycles. The smallest absolute Gasteiger partial charge is 0.232 e. The van der Waals surface area contributed by atoms with Crippen molar-refractivity contribution in [1.82, 2.24) is 19.9 Å². The maximum atomic E-state index is 15.0.